The number of hydrogen-bond donors (Lipinski definition) is 1. The van der Waals surface area contributed by atoms with Gasteiger partial charge in [-0.2, -0.15) is 0 Å². The van der Waals surface area contributed by atoms with Crippen molar-refractivity contribution in [2.45, 2.75) is 24.9 Å². The van der Waals surface area contributed by atoms with Crippen LogP contribution in [0.2, 0.25) is 5.02 Å². The maximum atomic E-state index is 13.2. The number of piperidine rings is 1. The number of ketones is 1. The Morgan fingerprint density at radius 3 is 2.41 bits per heavy atom. The number of carbonyl (C=O) groups excluding carboxylic acids is 3. The molecule has 1 aromatic heterocycles. The molecule has 2 amide bonds. The summed E-state index contributed by atoms with van der Waals surface area (Å²) in [6.07, 6.45) is 2.38. The molecule has 1 N–H and O–H groups in total. The van der Waals surface area contributed by atoms with Crippen molar-refractivity contribution >= 4 is 40.0 Å². The number of halogens is 2. The van der Waals surface area contributed by atoms with Gasteiger partial charge in [0.15, 0.2) is 5.76 Å². The third-order valence-corrected chi connectivity index (χ3v) is 6.47. The van der Waals surface area contributed by atoms with Crippen LogP contribution >= 0.6 is 11.6 Å². The zero-order valence-electron chi connectivity index (χ0n) is 18.8. The van der Waals surface area contributed by atoms with Gasteiger partial charge in [-0.05, 0) is 42.7 Å². The van der Waals surface area contributed by atoms with E-state index in [0.717, 1.165) is 10.5 Å². The maximum absolute atomic E-state index is 13.2. The highest BCUT2D eigenvalue weighted by Gasteiger charge is 2.35. The Labute approximate surface area is 200 Å². The third kappa shape index (κ3) is 4.69. The number of hydrogen-bond acceptors (Lipinski definition) is 5. The Morgan fingerprint density at radius 1 is 1.15 bits per heavy atom. The zero-order chi connectivity index (χ0) is 24.6. The highest BCUT2D eigenvalue weighted by molar-refractivity contribution is 6.44. The summed E-state index contributed by atoms with van der Waals surface area (Å²) >= 11 is 6.37. The predicted molar refractivity (Wildman–Crippen MR) is 124 cm³/mol. The molecule has 4 rings (SSSR count). The van der Waals surface area contributed by atoms with Crippen molar-refractivity contribution in [2.75, 3.05) is 27.2 Å². The fourth-order valence-corrected chi connectivity index (χ4v) is 4.42. The van der Waals surface area contributed by atoms with Crippen LogP contribution in [0.5, 0.6) is 0 Å². The Morgan fingerprint density at radius 2 is 1.79 bits per heavy atom. The van der Waals surface area contributed by atoms with E-state index in [9.17, 15) is 23.9 Å². The standard InChI is InChI=1S/C25H24ClFN2O5/c1-28(2)24(32)21(30)22-18-12-19(20(26)11-16(18)14-34-22)23(31)29-9-7-25(33,8-10-29)13-15-3-5-17(27)6-4-15/h3-6,11-12,14,33H,7-10,13H2,1-2H3. The van der Waals surface area contributed by atoms with Crippen molar-refractivity contribution in [2.24, 2.45) is 0 Å². The fraction of sp³-hybridized carbons (Fsp3) is 0.320. The molecule has 0 spiro atoms. The quantitative estimate of drug-likeness (QED) is 0.438. The van der Waals surface area contributed by atoms with Crippen molar-refractivity contribution in [3.05, 3.63) is 70.4 Å². The first-order chi connectivity index (χ1) is 16.1. The number of nitrogens with zero attached hydrogens (tertiary/aromatic N) is 2. The van der Waals surface area contributed by atoms with Gasteiger partial charge < -0.3 is 19.3 Å². The second-order valence-electron chi connectivity index (χ2n) is 8.83. The summed E-state index contributed by atoms with van der Waals surface area (Å²) in [6, 6.07) is 9.00. The highest BCUT2D eigenvalue weighted by Crippen LogP contribution is 2.32. The molecule has 3 aromatic rings. The minimum Gasteiger partial charge on any atom is -0.459 e. The van der Waals surface area contributed by atoms with Gasteiger partial charge in [-0.15, -0.1) is 0 Å². The monoisotopic (exact) mass is 486 g/mol. The van der Waals surface area contributed by atoms with Crippen molar-refractivity contribution < 1.29 is 28.3 Å². The van der Waals surface area contributed by atoms with Gasteiger partial charge in [-0.1, -0.05) is 23.7 Å². The molecule has 7 nitrogen and oxygen atoms in total. The number of rotatable bonds is 5. The average Bonchev–Trinajstić information content (AvgIpc) is 3.21. The van der Waals surface area contributed by atoms with E-state index >= 15 is 0 Å². The number of likely N-dealkylation sites (N-methyl/N-ethyl adjacent to an activating group) is 1. The molecule has 9 heteroatoms. The molecule has 0 bridgehead atoms. The molecule has 2 heterocycles. The molecular formula is C25H24ClFN2O5. The van der Waals surface area contributed by atoms with Crippen LogP contribution in [0, 0.1) is 5.82 Å². The summed E-state index contributed by atoms with van der Waals surface area (Å²) in [7, 11) is 2.93. The van der Waals surface area contributed by atoms with Crippen LogP contribution in [0.3, 0.4) is 0 Å². The second kappa shape index (κ2) is 9.19. The maximum Gasteiger partial charge on any atom is 0.297 e. The van der Waals surface area contributed by atoms with Gasteiger partial charge in [-0.3, -0.25) is 14.4 Å². The van der Waals surface area contributed by atoms with Gasteiger partial charge in [0.2, 0.25) is 0 Å². The van der Waals surface area contributed by atoms with Gasteiger partial charge in [0.25, 0.3) is 17.6 Å². The molecule has 34 heavy (non-hydrogen) atoms. The molecular weight excluding hydrogens is 463 g/mol. The lowest BCUT2D eigenvalue weighted by Gasteiger charge is -2.38. The van der Waals surface area contributed by atoms with Crippen molar-refractivity contribution in [3.8, 4) is 0 Å². The third-order valence-electron chi connectivity index (χ3n) is 6.15. The fourth-order valence-electron chi connectivity index (χ4n) is 4.16. The van der Waals surface area contributed by atoms with Gasteiger partial charge >= 0.3 is 0 Å². The molecule has 0 unspecified atom stereocenters. The van der Waals surface area contributed by atoms with Gasteiger partial charge in [0.1, 0.15) is 5.82 Å². The molecule has 0 aliphatic carbocycles. The van der Waals surface area contributed by atoms with Crippen LogP contribution in [-0.2, 0) is 11.2 Å². The molecule has 0 atom stereocenters. The number of Topliss-reactive ketones (excluding diaryl/α,β-unsaturated/α-hetero) is 1. The predicted octanol–water partition coefficient (Wildman–Crippen LogP) is 3.71. The number of fused-ring (bicyclic) bond motifs is 1. The van der Waals surface area contributed by atoms with E-state index in [1.807, 2.05) is 0 Å². The molecule has 1 saturated heterocycles. The number of carbonyl (C=O) groups is 3. The van der Waals surface area contributed by atoms with Crippen LogP contribution in [0.4, 0.5) is 4.39 Å². The van der Waals surface area contributed by atoms with Crippen LogP contribution < -0.4 is 0 Å². The second-order valence-corrected chi connectivity index (χ2v) is 9.24. The van der Waals surface area contributed by atoms with E-state index in [1.54, 1.807) is 17.0 Å². The van der Waals surface area contributed by atoms with Crippen LogP contribution in [0.25, 0.3) is 10.8 Å². The smallest absolute Gasteiger partial charge is 0.297 e. The lowest BCUT2D eigenvalue weighted by Crippen LogP contribution is -2.47. The SMILES string of the molecule is CN(C)C(=O)C(=O)c1occ2cc(Cl)c(C(=O)N3CCC(O)(Cc4ccc(F)cc4)CC3)cc12. The van der Waals surface area contributed by atoms with Crippen molar-refractivity contribution in [3.63, 3.8) is 0 Å². The lowest BCUT2D eigenvalue weighted by atomic mass is 9.85. The normalized spacial score (nSPS) is 15.4. The molecule has 1 aliphatic heterocycles. The summed E-state index contributed by atoms with van der Waals surface area (Å²) in [5.41, 5.74) is 0.00599. The number of aliphatic hydroxyl groups is 1. The Balaban J connectivity index is 1.52. The minimum atomic E-state index is -1.00. The first kappa shape index (κ1) is 23.9. The van der Waals surface area contributed by atoms with E-state index < -0.39 is 17.3 Å². The van der Waals surface area contributed by atoms with Crippen LogP contribution in [0.1, 0.15) is 39.3 Å². The number of benzene rings is 2. The Bertz CT molecular complexity index is 1260. The van der Waals surface area contributed by atoms with E-state index in [1.165, 1.54) is 44.6 Å². The average molecular weight is 487 g/mol. The molecule has 1 aliphatic rings. The van der Waals surface area contributed by atoms with E-state index in [4.69, 9.17) is 16.0 Å². The lowest BCUT2D eigenvalue weighted by molar-refractivity contribution is -0.124. The summed E-state index contributed by atoms with van der Waals surface area (Å²) in [5.74, 6) is -2.38. The first-order valence-corrected chi connectivity index (χ1v) is 11.2. The van der Waals surface area contributed by atoms with Gasteiger partial charge in [0, 0.05) is 44.4 Å². The molecule has 0 saturated carbocycles. The van der Waals surface area contributed by atoms with Crippen molar-refractivity contribution in [1.82, 2.24) is 9.80 Å². The molecule has 178 valence electrons. The topological polar surface area (TPSA) is 91.1 Å². The molecule has 1 fully saturated rings. The summed E-state index contributed by atoms with van der Waals surface area (Å²) < 4.78 is 18.5. The van der Waals surface area contributed by atoms with E-state index in [0.29, 0.717) is 43.1 Å². The zero-order valence-corrected chi connectivity index (χ0v) is 19.6. The largest absolute Gasteiger partial charge is 0.459 e. The summed E-state index contributed by atoms with van der Waals surface area (Å²) in [5, 5.41) is 12.0. The van der Waals surface area contributed by atoms with Crippen molar-refractivity contribution in [1.29, 1.82) is 0 Å². The Hall–Kier alpha value is -3.23. The highest BCUT2D eigenvalue weighted by atomic mass is 35.5. The summed E-state index contributed by atoms with van der Waals surface area (Å²) in [6.45, 7) is 0.613. The Kier molecular flexibility index (Phi) is 6.47. The van der Waals surface area contributed by atoms with Crippen LogP contribution in [0.15, 0.2) is 47.1 Å². The van der Waals surface area contributed by atoms with E-state index in [2.05, 4.69) is 0 Å². The molecule has 2 aromatic carbocycles. The van der Waals surface area contributed by atoms with Gasteiger partial charge in [0.05, 0.1) is 22.5 Å². The van der Waals surface area contributed by atoms with Crippen LogP contribution in [-0.4, -0.2) is 65.3 Å². The molecule has 0 radical (unpaired) electrons. The number of furan rings is 1. The summed E-state index contributed by atoms with van der Waals surface area (Å²) in [4.78, 5) is 40.6. The van der Waals surface area contributed by atoms with E-state index in [-0.39, 0.29) is 28.1 Å². The number of likely N-dealkylation sites (tertiary alicyclic amines) is 1. The van der Waals surface area contributed by atoms with Gasteiger partial charge in [-0.25, -0.2) is 4.39 Å². The first-order valence-electron chi connectivity index (χ1n) is 10.8. The number of amides is 2. The minimum absolute atomic E-state index is 0.147.